The molecule has 3 heterocycles. The van der Waals surface area contributed by atoms with Crippen molar-refractivity contribution in [3.8, 4) is 5.69 Å². The van der Waals surface area contributed by atoms with E-state index in [0.717, 1.165) is 24.3 Å². The molecule has 0 radical (unpaired) electrons. The molecule has 0 bridgehead atoms. The smallest absolute Gasteiger partial charge is 0.155 e. The highest BCUT2D eigenvalue weighted by molar-refractivity contribution is 7.26. The molecule has 0 atom stereocenters. The fourth-order valence-electron chi connectivity index (χ4n) is 5.91. The number of anilines is 2. The average molecular weight is 520 g/mol. The highest BCUT2D eigenvalue weighted by Gasteiger charge is 2.21. The van der Waals surface area contributed by atoms with Crippen molar-refractivity contribution in [3.05, 3.63) is 133 Å². The molecule has 0 N–H and O–H groups in total. The number of hydrogen-bond acceptors (Lipinski definition) is 3. The van der Waals surface area contributed by atoms with Crippen molar-refractivity contribution >= 4 is 64.8 Å². The van der Waals surface area contributed by atoms with Gasteiger partial charge in [0.05, 0.1) is 15.7 Å². The topological polar surface area (TPSA) is 21.1 Å². The summed E-state index contributed by atoms with van der Waals surface area (Å²) in [7, 11) is 0. The first-order chi connectivity index (χ1) is 19.4. The summed E-state index contributed by atoms with van der Waals surface area (Å²) in [6.45, 7) is 0. The van der Waals surface area contributed by atoms with Gasteiger partial charge in [0.15, 0.2) is 5.82 Å². The van der Waals surface area contributed by atoms with Gasteiger partial charge in [0.25, 0.3) is 0 Å². The van der Waals surface area contributed by atoms with E-state index >= 15 is 0 Å². The van der Waals surface area contributed by atoms with Crippen LogP contribution >= 0.6 is 11.3 Å². The first kappa shape index (κ1) is 22.3. The highest BCUT2D eigenvalue weighted by Crippen LogP contribution is 2.43. The molecule has 3 nitrogen and oxygen atoms in total. The van der Waals surface area contributed by atoms with Crippen molar-refractivity contribution in [1.29, 1.82) is 0 Å². The molecule has 7 aromatic rings. The molecule has 0 amide bonds. The molecule has 0 unspecified atom stereocenters. The van der Waals surface area contributed by atoms with Crippen LogP contribution < -0.4 is 4.90 Å². The fourth-order valence-corrected chi connectivity index (χ4v) is 7.07. The molecule has 8 rings (SSSR count). The van der Waals surface area contributed by atoms with Gasteiger partial charge in [-0.05, 0) is 67.4 Å². The second-order valence-electron chi connectivity index (χ2n) is 9.94. The van der Waals surface area contributed by atoms with Crippen molar-refractivity contribution in [2.45, 2.75) is 12.8 Å². The zero-order valence-electron chi connectivity index (χ0n) is 21.3. The number of fused-ring (bicyclic) bond motifs is 6. The second kappa shape index (κ2) is 8.97. The van der Waals surface area contributed by atoms with Crippen molar-refractivity contribution in [3.63, 3.8) is 0 Å². The first-order valence-corrected chi connectivity index (χ1v) is 14.2. The van der Waals surface area contributed by atoms with Crippen LogP contribution in [0.1, 0.15) is 12.8 Å². The predicted octanol–water partition coefficient (Wildman–Crippen LogP) is 9.92. The van der Waals surface area contributed by atoms with Crippen molar-refractivity contribution < 1.29 is 0 Å². The van der Waals surface area contributed by atoms with Crippen molar-refractivity contribution in [2.75, 3.05) is 4.90 Å². The Morgan fingerprint density at radius 1 is 0.692 bits per heavy atom. The third-order valence-electron chi connectivity index (χ3n) is 7.65. The lowest BCUT2D eigenvalue weighted by molar-refractivity contribution is 0.992. The fraction of sp³-hybridized carbons (Fsp3) is 0.0571. The SMILES string of the molecule is C1=CC(N(c2ccccc2)c2nccc3c2sc2ccc(-n4c5ccccc5c5ccccc54)cc23)=CCC1. The quantitative estimate of drug-likeness (QED) is 0.231. The van der Waals surface area contributed by atoms with Crippen LogP contribution in [0.25, 0.3) is 47.7 Å². The summed E-state index contributed by atoms with van der Waals surface area (Å²) in [5, 5.41) is 5.06. The van der Waals surface area contributed by atoms with Crippen LogP contribution in [-0.4, -0.2) is 9.55 Å². The van der Waals surface area contributed by atoms with E-state index in [1.165, 1.54) is 53.4 Å². The molecule has 39 heavy (non-hydrogen) atoms. The van der Waals surface area contributed by atoms with Crippen molar-refractivity contribution in [1.82, 2.24) is 9.55 Å². The van der Waals surface area contributed by atoms with Gasteiger partial charge in [-0.2, -0.15) is 0 Å². The van der Waals surface area contributed by atoms with Gasteiger partial charge < -0.3 is 4.57 Å². The van der Waals surface area contributed by atoms with Gasteiger partial charge in [0, 0.05) is 49.5 Å². The molecule has 186 valence electrons. The van der Waals surface area contributed by atoms with Gasteiger partial charge in [-0.3, -0.25) is 4.90 Å². The summed E-state index contributed by atoms with van der Waals surface area (Å²) in [5.74, 6) is 0.983. The Balaban J connectivity index is 1.36. The summed E-state index contributed by atoms with van der Waals surface area (Å²) < 4.78 is 4.87. The number of benzene rings is 4. The monoisotopic (exact) mass is 519 g/mol. The summed E-state index contributed by atoms with van der Waals surface area (Å²) in [6.07, 6.45) is 10.9. The standard InChI is InChI=1S/C35H25N3S/c1-3-11-24(12-4-1)37(25-13-5-2-6-14-25)35-34-29(21-22-36-35)30-23-26(19-20-33(30)39-34)38-31-17-9-7-15-27(31)28-16-8-10-18-32(28)38/h1,3-5,7-23H,2,6H2. The van der Waals surface area contributed by atoms with Gasteiger partial charge in [0.1, 0.15) is 0 Å². The number of nitrogens with zero attached hydrogens (tertiary/aromatic N) is 3. The minimum atomic E-state index is 0.983. The van der Waals surface area contributed by atoms with E-state index in [0.29, 0.717) is 0 Å². The molecule has 1 aliphatic carbocycles. The molecule has 0 spiro atoms. The van der Waals surface area contributed by atoms with Crippen LogP contribution in [-0.2, 0) is 0 Å². The largest absolute Gasteiger partial charge is 0.309 e. The summed E-state index contributed by atoms with van der Waals surface area (Å²) in [5.41, 5.74) is 5.93. The minimum Gasteiger partial charge on any atom is -0.309 e. The lowest BCUT2D eigenvalue weighted by atomic mass is 10.1. The Hall–Kier alpha value is -4.67. The van der Waals surface area contributed by atoms with Crippen LogP contribution in [0, 0.1) is 0 Å². The van der Waals surface area contributed by atoms with Crippen LogP contribution in [0.2, 0.25) is 0 Å². The lowest BCUT2D eigenvalue weighted by Gasteiger charge is -2.26. The van der Waals surface area contributed by atoms with E-state index in [2.05, 4.69) is 131 Å². The average Bonchev–Trinajstić information content (AvgIpc) is 3.54. The maximum Gasteiger partial charge on any atom is 0.155 e. The van der Waals surface area contributed by atoms with E-state index in [-0.39, 0.29) is 0 Å². The molecule has 0 aliphatic heterocycles. The Bertz CT molecular complexity index is 2020. The zero-order valence-corrected chi connectivity index (χ0v) is 22.1. The molecule has 4 heteroatoms. The van der Waals surface area contributed by atoms with Gasteiger partial charge in [-0.15, -0.1) is 11.3 Å². The number of pyridine rings is 1. The molecule has 4 aromatic carbocycles. The summed E-state index contributed by atoms with van der Waals surface area (Å²) >= 11 is 1.82. The molecule has 1 aliphatic rings. The van der Waals surface area contributed by atoms with Crippen LogP contribution in [0.4, 0.5) is 11.5 Å². The lowest BCUT2D eigenvalue weighted by Crippen LogP contribution is -2.17. The predicted molar refractivity (Wildman–Crippen MR) is 167 cm³/mol. The Labute approximate surface area is 230 Å². The minimum absolute atomic E-state index is 0.983. The van der Waals surface area contributed by atoms with Gasteiger partial charge in [-0.1, -0.05) is 66.7 Å². The number of thiophene rings is 1. The first-order valence-electron chi connectivity index (χ1n) is 13.4. The molecule has 3 aromatic heterocycles. The Kier molecular flexibility index (Phi) is 5.13. The van der Waals surface area contributed by atoms with Crippen LogP contribution in [0.15, 0.2) is 133 Å². The third kappa shape index (κ3) is 3.53. The van der Waals surface area contributed by atoms with E-state index in [1.807, 2.05) is 17.5 Å². The zero-order chi connectivity index (χ0) is 25.8. The molecular weight excluding hydrogens is 494 g/mol. The van der Waals surface area contributed by atoms with Gasteiger partial charge in [0.2, 0.25) is 0 Å². The van der Waals surface area contributed by atoms with Crippen LogP contribution in [0.3, 0.4) is 0 Å². The normalized spacial score (nSPS) is 13.5. The van der Waals surface area contributed by atoms with E-state index in [1.54, 1.807) is 0 Å². The number of rotatable bonds is 4. The maximum absolute atomic E-state index is 4.96. The highest BCUT2D eigenvalue weighted by atomic mass is 32.1. The second-order valence-corrected chi connectivity index (χ2v) is 11.0. The maximum atomic E-state index is 4.96. The van der Waals surface area contributed by atoms with E-state index in [9.17, 15) is 0 Å². The van der Waals surface area contributed by atoms with Crippen LogP contribution in [0.5, 0.6) is 0 Å². The van der Waals surface area contributed by atoms with E-state index < -0.39 is 0 Å². The molecule has 0 fully saturated rings. The Morgan fingerprint density at radius 2 is 1.44 bits per heavy atom. The molecule has 0 saturated carbocycles. The van der Waals surface area contributed by atoms with Gasteiger partial charge >= 0.3 is 0 Å². The number of hydrogen-bond donors (Lipinski definition) is 0. The number of allylic oxidation sites excluding steroid dienone is 3. The molecule has 0 saturated heterocycles. The molecular formula is C35H25N3S. The summed E-state index contributed by atoms with van der Waals surface area (Å²) in [4.78, 5) is 7.27. The van der Waals surface area contributed by atoms with Gasteiger partial charge in [-0.25, -0.2) is 4.98 Å². The third-order valence-corrected chi connectivity index (χ3v) is 8.83. The van der Waals surface area contributed by atoms with Crippen molar-refractivity contribution in [2.24, 2.45) is 0 Å². The summed E-state index contributed by atoms with van der Waals surface area (Å²) in [6, 6.07) is 37.0. The number of para-hydroxylation sites is 3. The van der Waals surface area contributed by atoms with E-state index in [4.69, 9.17) is 4.98 Å². The Morgan fingerprint density at radius 3 is 2.18 bits per heavy atom. The number of aromatic nitrogens is 2.